The summed E-state index contributed by atoms with van der Waals surface area (Å²) in [5.74, 6) is 0.0861. The van der Waals surface area contributed by atoms with Crippen LogP contribution in [0.15, 0.2) is 24.5 Å². The molecule has 0 spiro atoms. The lowest BCUT2D eigenvalue weighted by atomic mass is 9.98. The molecule has 2 heterocycles. The summed E-state index contributed by atoms with van der Waals surface area (Å²) in [6.07, 6.45) is 4.56. The summed E-state index contributed by atoms with van der Waals surface area (Å²) in [4.78, 5) is 17.1. The van der Waals surface area contributed by atoms with Crippen LogP contribution in [0.25, 0.3) is 0 Å². The molecule has 9 heteroatoms. The summed E-state index contributed by atoms with van der Waals surface area (Å²) >= 11 is 0. The fraction of sp³-hybridized carbons (Fsp3) is 0.550. The van der Waals surface area contributed by atoms with Crippen LogP contribution < -0.4 is 9.62 Å². The van der Waals surface area contributed by atoms with Crippen LogP contribution in [-0.2, 0) is 10.0 Å². The van der Waals surface area contributed by atoms with Gasteiger partial charge in [-0.3, -0.25) is 13.8 Å². The zero-order valence-corrected chi connectivity index (χ0v) is 18.4. The van der Waals surface area contributed by atoms with Gasteiger partial charge in [0.25, 0.3) is 5.91 Å². The molecule has 0 aliphatic carbocycles. The Morgan fingerprint density at radius 3 is 2.52 bits per heavy atom. The number of amides is 1. The molecule has 0 fully saturated rings. The molecule has 1 aromatic heterocycles. The number of fused-ring (bicyclic) bond motifs is 1. The number of benzene rings is 1. The molecule has 1 aliphatic rings. The quantitative estimate of drug-likeness (QED) is 0.744. The van der Waals surface area contributed by atoms with E-state index in [0.717, 1.165) is 18.4 Å². The molecule has 1 N–H and O–H groups in total. The molecular formula is C20H29N5O3S. The lowest BCUT2D eigenvalue weighted by Gasteiger charge is -2.17. The highest BCUT2D eigenvalue weighted by molar-refractivity contribution is 7.92. The van der Waals surface area contributed by atoms with E-state index in [1.165, 1.54) is 10.6 Å². The molecule has 2 aromatic rings. The van der Waals surface area contributed by atoms with Crippen molar-refractivity contribution < 1.29 is 13.2 Å². The molecule has 8 nitrogen and oxygen atoms in total. The van der Waals surface area contributed by atoms with Crippen LogP contribution in [0.5, 0.6) is 0 Å². The first-order valence-corrected chi connectivity index (χ1v) is 11.8. The van der Waals surface area contributed by atoms with Gasteiger partial charge in [-0.15, -0.1) is 0 Å². The number of nitrogens with one attached hydrogen (secondary N) is 1. The molecule has 0 unspecified atom stereocenters. The predicted octanol–water partition coefficient (Wildman–Crippen LogP) is 2.69. The van der Waals surface area contributed by atoms with Gasteiger partial charge in [-0.2, -0.15) is 5.10 Å². The highest BCUT2D eigenvalue weighted by atomic mass is 32.2. The lowest BCUT2D eigenvalue weighted by Crippen LogP contribution is -2.33. The third-order valence-electron chi connectivity index (χ3n) is 5.37. The molecular weight excluding hydrogens is 390 g/mol. The van der Waals surface area contributed by atoms with E-state index in [1.54, 1.807) is 29.2 Å². The Morgan fingerprint density at radius 1 is 1.28 bits per heavy atom. The van der Waals surface area contributed by atoms with Crippen molar-refractivity contribution in [2.24, 2.45) is 0 Å². The first-order chi connectivity index (χ1) is 13.7. The smallest absolute Gasteiger partial charge is 0.251 e. The summed E-state index contributed by atoms with van der Waals surface area (Å²) in [6.45, 7) is 8.31. The number of rotatable bonds is 7. The van der Waals surface area contributed by atoms with Gasteiger partial charge < -0.3 is 5.32 Å². The average molecular weight is 420 g/mol. The van der Waals surface area contributed by atoms with E-state index in [-0.39, 0.29) is 30.5 Å². The van der Waals surface area contributed by atoms with Crippen molar-refractivity contribution in [3.63, 3.8) is 0 Å². The number of anilines is 1. The Labute approximate surface area is 172 Å². The van der Waals surface area contributed by atoms with Crippen molar-refractivity contribution in [1.29, 1.82) is 0 Å². The number of sulfonamides is 1. The standard InChI is InChI=1S/C20H29N5O3S/c1-6-15(7-2)22-20(26)14-8-9-18-16(10-14)17(11-25(18)29(5,27)28)19-21-12-24(23-19)13(3)4/h8-10,12-13,15,17H,6-7,11H2,1-5H3,(H,22,26)/t17-/m1/s1. The zero-order valence-electron chi connectivity index (χ0n) is 17.6. The van der Waals surface area contributed by atoms with Crippen LogP contribution >= 0.6 is 0 Å². The number of hydrogen-bond donors (Lipinski definition) is 1. The van der Waals surface area contributed by atoms with Gasteiger partial charge in [0.05, 0.1) is 17.9 Å². The number of carbonyl (C=O) groups is 1. The second-order valence-corrected chi connectivity index (χ2v) is 9.69. The van der Waals surface area contributed by atoms with Gasteiger partial charge in [-0.25, -0.2) is 13.4 Å². The minimum absolute atomic E-state index is 0.113. The van der Waals surface area contributed by atoms with E-state index in [9.17, 15) is 13.2 Å². The molecule has 3 rings (SSSR count). The van der Waals surface area contributed by atoms with Gasteiger partial charge in [0.1, 0.15) is 6.33 Å². The van der Waals surface area contributed by atoms with E-state index in [0.29, 0.717) is 17.1 Å². The molecule has 29 heavy (non-hydrogen) atoms. The highest BCUT2D eigenvalue weighted by Crippen LogP contribution is 2.41. The summed E-state index contributed by atoms with van der Waals surface area (Å²) in [5.41, 5.74) is 1.85. The SMILES string of the molecule is CCC(CC)NC(=O)c1ccc2c(c1)[C@H](c1ncn(C(C)C)n1)CN2S(C)(=O)=O. The largest absolute Gasteiger partial charge is 0.349 e. The van der Waals surface area contributed by atoms with E-state index in [1.807, 2.05) is 27.7 Å². The van der Waals surface area contributed by atoms with Crippen LogP contribution in [0.1, 0.15) is 74.2 Å². The topological polar surface area (TPSA) is 97.2 Å². The van der Waals surface area contributed by atoms with E-state index in [2.05, 4.69) is 15.4 Å². The zero-order chi connectivity index (χ0) is 21.3. The molecule has 0 bridgehead atoms. The highest BCUT2D eigenvalue weighted by Gasteiger charge is 2.37. The normalized spacial score (nSPS) is 16.5. The van der Waals surface area contributed by atoms with Gasteiger partial charge in [0.15, 0.2) is 5.82 Å². The first kappa shape index (κ1) is 21.3. The van der Waals surface area contributed by atoms with Gasteiger partial charge in [0.2, 0.25) is 10.0 Å². The number of hydrogen-bond acceptors (Lipinski definition) is 5. The van der Waals surface area contributed by atoms with Gasteiger partial charge in [-0.1, -0.05) is 13.8 Å². The van der Waals surface area contributed by atoms with Crippen molar-refractivity contribution >= 4 is 21.6 Å². The number of carbonyl (C=O) groups excluding carboxylic acids is 1. The van der Waals surface area contributed by atoms with Crippen LogP contribution in [0.2, 0.25) is 0 Å². The minimum atomic E-state index is -3.46. The van der Waals surface area contributed by atoms with E-state index < -0.39 is 10.0 Å². The summed E-state index contributed by atoms with van der Waals surface area (Å²) in [6, 6.07) is 5.43. The van der Waals surface area contributed by atoms with Crippen LogP contribution in [0.4, 0.5) is 5.69 Å². The Balaban J connectivity index is 2.01. The first-order valence-electron chi connectivity index (χ1n) is 9.99. The average Bonchev–Trinajstić information content (AvgIpc) is 3.29. The van der Waals surface area contributed by atoms with Crippen LogP contribution in [0, 0.1) is 0 Å². The van der Waals surface area contributed by atoms with Crippen molar-refractivity contribution in [3.8, 4) is 0 Å². The fourth-order valence-electron chi connectivity index (χ4n) is 3.56. The Hall–Kier alpha value is -2.42. The van der Waals surface area contributed by atoms with Crippen LogP contribution in [-0.4, -0.2) is 47.9 Å². The molecule has 0 saturated carbocycles. The third-order valence-corrected chi connectivity index (χ3v) is 6.52. The van der Waals surface area contributed by atoms with E-state index >= 15 is 0 Å². The summed E-state index contributed by atoms with van der Waals surface area (Å²) < 4.78 is 27.8. The summed E-state index contributed by atoms with van der Waals surface area (Å²) in [5, 5.41) is 7.57. The monoisotopic (exact) mass is 419 g/mol. The molecule has 158 valence electrons. The molecule has 1 aromatic carbocycles. The van der Waals surface area contributed by atoms with Gasteiger partial charge in [0, 0.05) is 24.2 Å². The van der Waals surface area contributed by atoms with Crippen molar-refractivity contribution in [3.05, 3.63) is 41.5 Å². The Bertz CT molecular complexity index is 995. The maximum atomic E-state index is 12.7. The van der Waals surface area contributed by atoms with Gasteiger partial charge in [-0.05, 0) is 50.5 Å². The third kappa shape index (κ3) is 4.29. The maximum Gasteiger partial charge on any atom is 0.251 e. The molecule has 0 radical (unpaired) electrons. The van der Waals surface area contributed by atoms with Crippen LogP contribution in [0.3, 0.4) is 0 Å². The lowest BCUT2D eigenvalue weighted by molar-refractivity contribution is 0.0934. The molecule has 1 aliphatic heterocycles. The van der Waals surface area contributed by atoms with E-state index in [4.69, 9.17) is 0 Å². The molecule has 1 amide bonds. The van der Waals surface area contributed by atoms with Crippen molar-refractivity contribution in [1.82, 2.24) is 20.1 Å². The van der Waals surface area contributed by atoms with Gasteiger partial charge >= 0.3 is 0 Å². The number of nitrogens with zero attached hydrogens (tertiary/aromatic N) is 4. The predicted molar refractivity (Wildman–Crippen MR) is 113 cm³/mol. The Kier molecular flexibility index (Phi) is 5.97. The second kappa shape index (κ2) is 8.14. The maximum absolute atomic E-state index is 12.7. The number of aromatic nitrogens is 3. The van der Waals surface area contributed by atoms with Crippen molar-refractivity contribution in [2.75, 3.05) is 17.1 Å². The van der Waals surface area contributed by atoms with Crippen molar-refractivity contribution in [2.45, 2.75) is 58.5 Å². The molecule has 1 atom stereocenters. The second-order valence-electron chi connectivity index (χ2n) is 7.78. The Morgan fingerprint density at radius 2 is 1.97 bits per heavy atom. The molecule has 0 saturated heterocycles. The fourth-order valence-corrected chi connectivity index (χ4v) is 4.50. The minimum Gasteiger partial charge on any atom is -0.349 e. The summed E-state index contributed by atoms with van der Waals surface area (Å²) in [7, 11) is -3.46.